The van der Waals surface area contributed by atoms with Gasteiger partial charge in [0.2, 0.25) is 15.9 Å². The molecule has 0 radical (unpaired) electrons. The third-order valence-electron chi connectivity index (χ3n) is 5.89. The summed E-state index contributed by atoms with van der Waals surface area (Å²) in [6.45, 7) is 4.43. The van der Waals surface area contributed by atoms with Crippen LogP contribution in [0, 0.1) is 5.92 Å². The van der Waals surface area contributed by atoms with Crippen molar-refractivity contribution in [2.75, 3.05) is 32.6 Å². The monoisotopic (exact) mass is 474 g/mol. The van der Waals surface area contributed by atoms with Crippen LogP contribution in [0.4, 0.5) is 5.69 Å². The first-order valence-corrected chi connectivity index (χ1v) is 12.3. The molecule has 1 aliphatic heterocycles. The van der Waals surface area contributed by atoms with Gasteiger partial charge in [0.1, 0.15) is 10.6 Å². The van der Waals surface area contributed by atoms with Gasteiger partial charge in [-0.15, -0.1) is 0 Å². The van der Waals surface area contributed by atoms with Crippen molar-refractivity contribution in [3.8, 4) is 5.75 Å². The highest BCUT2D eigenvalue weighted by Crippen LogP contribution is 2.32. The highest BCUT2D eigenvalue weighted by molar-refractivity contribution is 7.89. The van der Waals surface area contributed by atoms with Crippen LogP contribution >= 0.6 is 0 Å². The molecule has 0 aromatic heterocycles. The number of hydrogen-bond donors (Lipinski definition) is 1. The smallest absolute Gasteiger partial charge is 0.339 e. The minimum Gasteiger partial charge on any atom is -0.495 e. The maximum Gasteiger partial charge on any atom is 0.339 e. The molecule has 9 heteroatoms. The van der Waals surface area contributed by atoms with Gasteiger partial charge in [-0.1, -0.05) is 32.0 Å². The third kappa shape index (κ3) is 5.36. The fourth-order valence-corrected chi connectivity index (χ4v) is 5.53. The fraction of sp³-hybridized carbons (Fsp3) is 0.417. The molecule has 3 rings (SSSR count). The Hall–Kier alpha value is -2.91. The van der Waals surface area contributed by atoms with Crippen LogP contribution in [0.5, 0.6) is 5.75 Å². The standard InChI is InChI=1S/C24H30N2O6S/c1-16(2)18-9-10-21(31-3)22(15-18)33(29,30)26-13-11-17(12-14-26)23(27)25-20-8-6-5-7-19(20)24(28)32-4/h5-10,15-17H,11-14H2,1-4H3,(H,25,27). The lowest BCUT2D eigenvalue weighted by Crippen LogP contribution is -2.41. The van der Waals surface area contributed by atoms with Crippen LogP contribution in [0.25, 0.3) is 0 Å². The van der Waals surface area contributed by atoms with E-state index in [0.717, 1.165) is 5.56 Å². The van der Waals surface area contributed by atoms with Crippen LogP contribution in [0.3, 0.4) is 0 Å². The summed E-state index contributed by atoms with van der Waals surface area (Å²) in [5.74, 6) is -0.677. The van der Waals surface area contributed by atoms with Crippen molar-refractivity contribution >= 4 is 27.6 Å². The Morgan fingerprint density at radius 2 is 1.73 bits per heavy atom. The molecule has 1 saturated heterocycles. The van der Waals surface area contributed by atoms with E-state index in [-0.39, 0.29) is 41.3 Å². The summed E-state index contributed by atoms with van der Waals surface area (Å²) in [6.07, 6.45) is 0.745. The second-order valence-corrected chi connectivity index (χ2v) is 10.2. The molecular formula is C24H30N2O6S. The van der Waals surface area contributed by atoms with E-state index < -0.39 is 16.0 Å². The first kappa shape index (κ1) is 24.7. The van der Waals surface area contributed by atoms with Crippen molar-refractivity contribution in [2.24, 2.45) is 5.92 Å². The number of anilines is 1. The number of sulfonamides is 1. The van der Waals surface area contributed by atoms with Gasteiger partial charge in [-0.25, -0.2) is 13.2 Å². The normalized spacial score (nSPS) is 15.3. The molecule has 1 aliphatic rings. The molecule has 0 bridgehead atoms. The number of benzene rings is 2. The Bertz CT molecular complexity index is 1120. The second-order valence-electron chi connectivity index (χ2n) is 8.27. The predicted molar refractivity (Wildman–Crippen MR) is 125 cm³/mol. The highest BCUT2D eigenvalue weighted by Gasteiger charge is 2.34. The summed E-state index contributed by atoms with van der Waals surface area (Å²) in [5, 5.41) is 2.79. The van der Waals surface area contributed by atoms with Crippen molar-refractivity contribution in [2.45, 2.75) is 37.5 Å². The number of rotatable bonds is 7. The van der Waals surface area contributed by atoms with Crippen molar-refractivity contribution in [3.63, 3.8) is 0 Å². The molecule has 33 heavy (non-hydrogen) atoms. The number of methoxy groups -OCH3 is 2. The molecule has 2 aromatic carbocycles. The van der Waals surface area contributed by atoms with E-state index in [2.05, 4.69) is 5.32 Å². The van der Waals surface area contributed by atoms with Gasteiger partial charge < -0.3 is 14.8 Å². The number of hydrogen-bond acceptors (Lipinski definition) is 6. The number of carbonyl (C=O) groups is 2. The summed E-state index contributed by atoms with van der Waals surface area (Å²) >= 11 is 0. The highest BCUT2D eigenvalue weighted by atomic mass is 32.2. The third-order valence-corrected chi connectivity index (χ3v) is 7.81. The maximum absolute atomic E-state index is 13.4. The summed E-state index contributed by atoms with van der Waals surface area (Å²) in [6, 6.07) is 11.8. The number of nitrogens with zero attached hydrogens (tertiary/aromatic N) is 1. The number of para-hydroxylation sites is 1. The van der Waals surface area contributed by atoms with Crippen molar-refractivity contribution in [1.82, 2.24) is 4.31 Å². The molecule has 1 N–H and O–H groups in total. The lowest BCUT2D eigenvalue weighted by molar-refractivity contribution is -0.120. The largest absolute Gasteiger partial charge is 0.495 e. The van der Waals surface area contributed by atoms with E-state index in [1.165, 1.54) is 18.5 Å². The predicted octanol–water partition coefficient (Wildman–Crippen LogP) is 3.64. The molecule has 178 valence electrons. The second kappa shape index (κ2) is 10.4. The summed E-state index contributed by atoms with van der Waals surface area (Å²) < 4.78 is 38.2. The van der Waals surface area contributed by atoms with Gasteiger partial charge >= 0.3 is 5.97 Å². The van der Waals surface area contributed by atoms with Crippen molar-refractivity contribution in [1.29, 1.82) is 0 Å². The first-order valence-electron chi connectivity index (χ1n) is 10.8. The molecule has 0 aliphatic carbocycles. The number of ether oxygens (including phenoxy) is 2. The molecule has 0 atom stereocenters. The first-order chi connectivity index (χ1) is 15.7. The minimum absolute atomic E-state index is 0.145. The summed E-state index contributed by atoms with van der Waals surface area (Å²) in [4.78, 5) is 24.9. The van der Waals surface area contributed by atoms with E-state index in [9.17, 15) is 18.0 Å². The number of piperidine rings is 1. The van der Waals surface area contributed by atoms with Gasteiger partial charge in [0.15, 0.2) is 0 Å². The van der Waals surface area contributed by atoms with Crippen LogP contribution in [0.1, 0.15) is 48.5 Å². The molecule has 1 amide bonds. The zero-order chi connectivity index (χ0) is 24.2. The van der Waals surface area contributed by atoms with Gasteiger partial charge in [-0.05, 0) is 48.6 Å². The van der Waals surface area contributed by atoms with Crippen LogP contribution in [-0.2, 0) is 19.6 Å². The van der Waals surface area contributed by atoms with E-state index in [4.69, 9.17) is 9.47 Å². The number of amides is 1. The topological polar surface area (TPSA) is 102 Å². The van der Waals surface area contributed by atoms with Gasteiger partial charge in [0.05, 0.1) is 25.5 Å². The number of nitrogens with one attached hydrogen (secondary N) is 1. The lowest BCUT2D eigenvalue weighted by atomic mass is 9.97. The zero-order valence-electron chi connectivity index (χ0n) is 19.3. The van der Waals surface area contributed by atoms with Crippen LogP contribution in [-0.4, -0.2) is 51.9 Å². The Kier molecular flexibility index (Phi) is 7.76. The quantitative estimate of drug-likeness (QED) is 0.615. The number of esters is 1. The summed E-state index contributed by atoms with van der Waals surface area (Å²) in [5.41, 5.74) is 1.55. The van der Waals surface area contributed by atoms with Crippen molar-refractivity contribution < 1.29 is 27.5 Å². The molecule has 0 saturated carbocycles. The van der Waals surface area contributed by atoms with E-state index in [1.54, 1.807) is 36.4 Å². The van der Waals surface area contributed by atoms with Crippen LogP contribution in [0.2, 0.25) is 0 Å². The molecule has 0 unspecified atom stereocenters. The molecule has 8 nitrogen and oxygen atoms in total. The minimum atomic E-state index is -3.77. The van der Waals surface area contributed by atoms with Crippen LogP contribution < -0.4 is 10.1 Å². The average molecular weight is 475 g/mol. The molecule has 1 fully saturated rings. The fourth-order valence-electron chi connectivity index (χ4n) is 3.87. The van der Waals surface area contributed by atoms with Crippen molar-refractivity contribution in [3.05, 3.63) is 53.6 Å². The van der Waals surface area contributed by atoms with Gasteiger partial charge in [0, 0.05) is 19.0 Å². The molecular weight excluding hydrogens is 444 g/mol. The van der Waals surface area contributed by atoms with Gasteiger partial charge in [-0.2, -0.15) is 4.31 Å². The van der Waals surface area contributed by atoms with E-state index in [1.807, 2.05) is 19.9 Å². The molecule has 2 aromatic rings. The molecule has 1 heterocycles. The maximum atomic E-state index is 13.4. The number of carbonyl (C=O) groups excluding carboxylic acids is 2. The summed E-state index contributed by atoms with van der Waals surface area (Å²) in [7, 11) is -1.04. The average Bonchev–Trinajstić information content (AvgIpc) is 2.83. The van der Waals surface area contributed by atoms with Gasteiger partial charge in [0.25, 0.3) is 0 Å². The van der Waals surface area contributed by atoms with E-state index >= 15 is 0 Å². The van der Waals surface area contributed by atoms with E-state index in [0.29, 0.717) is 24.3 Å². The Morgan fingerprint density at radius 1 is 1.06 bits per heavy atom. The molecule has 0 spiro atoms. The zero-order valence-corrected chi connectivity index (χ0v) is 20.1. The SMILES string of the molecule is COC(=O)c1ccccc1NC(=O)C1CCN(S(=O)(=O)c2cc(C(C)C)ccc2OC)CC1. The Morgan fingerprint density at radius 3 is 2.33 bits per heavy atom. The Balaban J connectivity index is 1.72. The van der Waals surface area contributed by atoms with Crippen LogP contribution in [0.15, 0.2) is 47.4 Å². The Labute approximate surface area is 194 Å². The lowest BCUT2D eigenvalue weighted by Gasteiger charge is -2.31. The van der Waals surface area contributed by atoms with Gasteiger partial charge in [-0.3, -0.25) is 4.79 Å².